The lowest BCUT2D eigenvalue weighted by Gasteiger charge is -2.33. The molecule has 3 aliphatic rings. The average Bonchev–Trinajstić information content (AvgIpc) is 3.21. The lowest BCUT2D eigenvalue weighted by Crippen LogP contribution is -2.44. The standard InChI is InChI=1S/C22H19N3O3/c1-2-24-21(27)16-17(22(24)28)19(20(26)13-8-4-3-5-9-13)25-18(16)15-11-7-6-10-14(15)12-23-25/h3-12,16-19H,2H2,1H3/t16-,17+,18+,19+/m0/s1. The minimum Gasteiger partial charge on any atom is -0.292 e. The number of fused-ring (bicyclic) bond motifs is 5. The van der Waals surface area contributed by atoms with Crippen LogP contribution in [0.5, 0.6) is 0 Å². The van der Waals surface area contributed by atoms with Crippen LogP contribution < -0.4 is 0 Å². The molecule has 0 saturated carbocycles. The van der Waals surface area contributed by atoms with Crippen LogP contribution in [0.1, 0.15) is 34.5 Å². The molecule has 4 atom stereocenters. The molecule has 0 aliphatic carbocycles. The zero-order valence-corrected chi connectivity index (χ0v) is 15.4. The molecule has 2 aromatic carbocycles. The Morgan fingerprint density at radius 1 is 0.964 bits per heavy atom. The van der Waals surface area contributed by atoms with Gasteiger partial charge in [-0.15, -0.1) is 0 Å². The Morgan fingerprint density at radius 3 is 2.39 bits per heavy atom. The van der Waals surface area contributed by atoms with E-state index in [1.807, 2.05) is 30.3 Å². The molecule has 0 radical (unpaired) electrons. The first-order valence-corrected chi connectivity index (χ1v) is 9.49. The highest BCUT2D eigenvalue weighted by Crippen LogP contribution is 2.52. The van der Waals surface area contributed by atoms with E-state index < -0.39 is 23.9 Å². The molecule has 6 nitrogen and oxygen atoms in total. The summed E-state index contributed by atoms with van der Waals surface area (Å²) >= 11 is 0. The number of hydrazone groups is 1. The van der Waals surface area contributed by atoms with Gasteiger partial charge in [0, 0.05) is 12.1 Å². The molecule has 0 bridgehead atoms. The highest BCUT2D eigenvalue weighted by molar-refractivity contribution is 6.12. The van der Waals surface area contributed by atoms with Crippen molar-refractivity contribution >= 4 is 23.8 Å². The molecule has 2 saturated heterocycles. The van der Waals surface area contributed by atoms with E-state index in [0.29, 0.717) is 12.1 Å². The minimum absolute atomic E-state index is 0.172. The van der Waals surface area contributed by atoms with E-state index in [1.54, 1.807) is 42.4 Å². The number of amides is 2. The molecule has 0 N–H and O–H groups in total. The first-order chi connectivity index (χ1) is 13.6. The second-order valence-electron chi connectivity index (χ2n) is 7.35. The number of hydrogen-bond acceptors (Lipinski definition) is 5. The molecule has 140 valence electrons. The molecule has 0 spiro atoms. The van der Waals surface area contributed by atoms with Crippen LogP contribution >= 0.6 is 0 Å². The van der Waals surface area contributed by atoms with Crippen molar-refractivity contribution < 1.29 is 14.4 Å². The molecule has 28 heavy (non-hydrogen) atoms. The fourth-order valence-electron chi connectivity index (χ4n) is 4.82. The number of ketones is 1. The van der Waals surface area contributed by atoms with Crippen LogP contribution in [0.25, 0.3) is 0 Å². The van der Waals surface area contributed by atoms with Gasteiger partial charge in [-0.1, -0.05) is 54.6 Å². The fraction of sp³-hybridized carbons (Fsp3) is 0.273. The summed E-state index contributed by atoms with van der Waals surface area (Å²) in [5.41, 5.74) is 2.39. The second-order valence-corrected chi connectivity index (χ2v) is 7.35. The van der Waals surface area contributed by atoms with Crippen LogP contribution in [-0.2, 0) is 9.59 Å². The van der Waals surface area contributed by atoms with Gasteiger partial charge in [-0.05, 0) is 18.1 Å². The lowest BCUT2D eigenvalue weighted by atomic mass is 9.83. The molecule has 2 fully saturated rings. The quantitative estimate of drug-likeness (QED) is 0.611. The van der Waals surface area contributed by atoms with E-state index in [2.05, 4.69) is 5.10 Å². The second kappa shape index (κ2) is 6.12. The molecule has 3 aliphatic heterocycles. The van der Waals surface area contributed by atoms with Gasteiger partial charge in [0.15, 0.2) is 5.78 Å². The van der Waals surface area contributed by atoms with Gasteiger partial charge < -0.3 is 0 Å². The van der Waals surface area contributed by atoms with Gasteiger partial charge in [-0.2, -0.15) is 5.10 Å². The number of hydrogen-bond donors (Lipinski definition) is 0. The predicted molar refractivity (Wildman–Crippen MR) is 103 cm³/mol. The van der Waals surface area contributed by atoms with Gasteiger partial charge >= 0.3 is 0 Å². The van der Waals surface area contributed by atoms with Crippen molar-refractivity contribution in [3.05, 3.63) is 71.3 Å². The number of likely N-dealkylation sites (tertiary alicyclic amines) is 1. The summed E-state index contributed by atoms with van der Waals surface area (Å²) in [6, 6.07) is 15.5. The summed E-state index contributed by atoms with van der Waals surface area (Å²) in [6.07, 6.45) is 1.71. The smallest absolute Gasteiger partial charge is 0.235 e. The number of Topliss-reactive ketones (excluding diaryl/α,β-unsaturated/α-hetero) is 1. The van der Waals surface area contributed by atoms with Crippen LogP contribution in [0.2, 0.25) is 0 Å². The van der Waals surface area contributed by atoms with Crippen molar-refractivity contribution in [2.45, 2.75) is 19.0 Å². The summed E-state index contributed by atoms with van der Waals surface area (Å²) in [4.78, 5) is 40.9. The Hall–Kier alpha value is -3.28. The maximum absolute atomic E-state index is 13.4. The number of carbonyl (C=O) groups excluding carboxylic acids is 3. The summed E-state index contributed by atoms with van der Waals surface area (Å²) in [6.45, 7) is 2.10. The van der Waals surface area contributed by atoms with Crippen LogP contribution in [0.4, 0.5) is 0 Å². The maximum atomic E-state index is 13.4. The summed E-state index contributed by atoms with van der Waals surface area (Å²) < 4.78 is 0. The first kappa shape index (κ1) is 16.9. The Kier molecular flexibility index (Phi) is 3.69. The third kappa shape index (κ3) is 2.14. The molecule has 3 heterocycles. The number of rotatable bonds is 3. The van der Waals surface area contributed by atoms with Gasteiger partial charge in [0.1, 0.15) is 6.04 Å². The maximum Gasteiger partial charge on any atom is 0.235 e. The van der Waals surface area contributed by atoms with Gasteiger partial charge in [-0.25, -0.2) is 0 Å². The SMILES string of the molecule is CCN1C(=O)[C@@H]2[C@H](C1=O)[C@H]1c3ccccc3C=NN1[C@H]2C(=O)c1ccccc1. The number of benzene rings is 2. The van der Waals surface area contributed by atoms with Crippen LogP contribution in [0.3, 0.4) is 0 Å². The topological polar surface area (TPSA) is 70.1 Å². The minimum atomic E-state index is -0.782. The van der Waals surface area contributed by atoms with Gasteiger partial charge in [0.25, 0.3) is 0 Å². The van der Waals surface area contributed by atoms with Gasteiger partial charge in [0.2, 0.25) is 11.8 Å². The van der Waals surface area contributed by atoms with Crippen molar-refractivity contribution in [3.8, 4) is 0 Å². The Bertz CT molecular complexity index is 1020. The van der Waals surface area contributed by atoms with Crippen molar-refractivity contribution in [3.63, 3.8) is 0 Å². The van der Waals surface area contributed by atoms with E-state index in [1.165, 1.54) is 4.90 Å². The van der Waals surface area contributed by atoms with E-state index in [9.17, 15) is 14.4 Å². The van der Waals surface area contributed by atoms with E-state index in [4.69, 9.17) is 0 Å². The molecular formula is C22H19N3O3. The van der Waals surface area contributed by atoms with Gasteiger partial charge in [-0.3, -0.25) is 24.3 Å². The predicted octanol–water partition coefficient (Wildman–Crippen LogP) is 2.26. The monoisotopic (exact) mass is 373 g/mol. The molecule has 5 rings (SSSR count). The highest BCUT2D eigenvalue weighted by atomic mass is 16.2. The third-order valence-corrected chi connectivity index (χ3v) is 6.03. The van der Waals surface area contributed by atoms with E-state index >= 15 is 0 Å². The Labute approximate surface area is 162 Å². The third-order valence-electron chi connectivity index (χ3n) is 6.03. The van der Waals surface area contributed by atoms with Crippen LogP contribution in [-0.4, -0.2) is 46.3 Å². The van der Waals surface area contributed by atoms with Crippen molar-refractivity contribution in [1.29, 1.82) is 0 Å². The number of nitrogens with zero attached hydrogens (tertiary/aromatic N) is 3. The normalized spacial score (nSPS) is 27.6. The Morgan fingerprint density at radius 2 is 1.64 bits per heavy atom. The largest absolute Gasteiger partial charge is 0.292 e. The first-order valence-electron chi connectivity index (χ1n) is 9.49. The zero-order valence-electron chi connectivity index (χ0n) is 15.4. The Balaban J connectivity index is 1.67. The fourth-order valence-corrected chi connectivity index (χ4v) is 4.82. The van der Waals surface area contributed by atoms with Crippen molar-refractivity contribution in [2.24, 2.45) is 16.9 Å². The summed E-state index contributed by atoms with van der Waals surface area (Å²) in [7, 11) is 0. The molecular weight excluding hydrogens is 354 g/mol. The molecule has 2 amide bonds. The zero-order chi connectivity index (χ0) is 19.4. The number of carbonyl (C=O) groups is 3. The van der Waals surface area contributed by atoms with Gasteiger partial charge in [0.05, 0.1) is 24.1 Å². The van der Waals surface area contributed by atoms with E-state index in [0.717, 1.165) is 11.1 Å². The molecule has 0 unspecified atom stereocenters. The molecule has 6 heteroatoms. The van der Waals surface area contributed by atoms with Crippen molar-refractivity contribution in [1.82, 2.24) is 9.91 Å². The van der Waals surface area contributed by atoms with Crippen LogP contribution in [0.15, 0.2) is 59.7 Å². The number of imide groups is 1. The molecule has 0 aromatic heterocycles. The van der Waals surface area contributed by atoms with Crippen LogP contribution in [0, 0.1) is 11.8 Å². The van der Waals surface area contributed by atoms with Crippen molar-refractivity contribution in [2.75, 3.05) is 6.54 Å². The summed E-state index contributed by atoms with van der Waals surface area (Å²) in [5.74, 6) is -1.96. The lowest BCUT2D eigenvalue weighted by molar-refractivity contribution is -0.141. The highest BCUT2D eigenvalue weighted by Gasteiger charge is 2.64. The average molecular weight is 373 g/mol. The molecule has 2 aromatic rings. The van der Waals surface area contributed by atoms with E-state index in [-0.39, 0.29) is 17.6 Å². The summed E-state index contributed by atoms with van der Waals surface area (Å²) in [5, 5.41) is 6.22.